The van der Waals surface area contributed by atoms with Gasteiger partial charge in [-0.15, -0.1) is 5.10 Å². The fraction of sp³-hybridized carbons (Fsp3) is 0.310. The maximum absolute atomic E-state index is 13.7. The van der Waals surface area contributed by atoms with Crippen molar-refractivity contribution < 1.29 is 18.4 Å². The van der Waals surface area contributed by atoms with Crippen molar-refractivity contribution in [1.82, 2.24) is 40.2 Å². The zero-order chi connectivity index (χ0) is 29.9. The van der Waals surface area contributed by atoms with E-state index in [1.54, 1.807) is 40.3 Å². The van der Waals surface area contributed by atoms with Crippen LogP contribution < -0.4 is 10.2 Å². The summed E-state index contributed by atoms with van der Waals surface area (Å²) in [5.41, 5.74) is 3.69. The van der Waals surface area contributed by atoms with E-state index in [4.69, 9.17) is 16.0 Å². The molecular formula is C29H29ClFN9O3. The molecule has 5 heterocycles. The summed E-state index contributed by atoms with van der Waals surface area (Å²) in [7, 11) is 1.84. The molecular weight excluding hydrogens is 577 g/mol. The van der Waals surface area contributed by atoms with E-state index in [9.17, 15) is 14.0 Å². The van der Waals surface area contributed by atoms with E-state index in [2.05, 4.69) is 30.6 Å². The number of likely N-dealkylation sites (tertiary alicyclic amines) is 1. The van der Waals surface area contributed by atoms with Crippen molar-refractivity contribution >= 4 is 46.2 Å². The molecule has 222 valence electrons. The first kappa shape index (κ1) is 28.3. The number of aromatic amines is 1. The molecule has 1 fully saturated rings. The molecule has 5 aromatic rings. The molecule has 0 aliphatic carbocycles. The summed E-state index contributed by atoms with van der Waals surface area (Å²) in [6.07, 6.45) is 10.2. The second-order valence-corrected chi connectivity index (χ2v) is 10.7. The minimum atomic E-state index is -0.722. The van der Waals surface area contributed by atoms with Gasteiger partial charge in [0, 0.05) is 60.8 Å². The normalized spacial score (nSPS) is 13.4. The van der Waals surface area contributed by atoms with Gasteiger partial charge in [-0.1, -0.05) is 16.7 Å². The van der Waals surface area contributed by atoms with Gasteiger partial charge in [-0.05, 0) is 43.5 Å². The number of aryl methyl sites for hydroxylation is 1. The summed E-state index contributed by atoms with van der Waals surface area (Å²) >= 11 is 6.57. The SMILES string of the molecule is Cn1cc(-c2cnc3[nH]cc(-c4nnc(N(CCF)c5ccc(C(=O)NCC(=O)N6CCCCC6)cc5Cl)o4)c3c2)cn1. The van der Waals surface area contributed by atoms with E-state index in [1.807, 2.05) is 19.3 Å². The minimum absolute atomic E-state index is 0.0320. The number of carbonyl (C=O) groups excluding carboxylic acids is 2. The summed E-state index contributed by atoms with van der Waals surface area (Å²) in [4.78, 5) is 36.0. The van der Waals surface area contributed by atoms with E-state index in [0.29, 0.717) is 30.0 Å². The van der Waals surface area contributed by atoms with Crippen LogP contribution in [0.5, 0.6) is 0 Å². The molecule has 2 N–H and O–H groups in total. The van der Waals surface area contributed by atoms with Crippen molar-refractivity contribution in [1.29, 1.82) is 0 Å². The van der Waals surface area contributed by atoms with E-state index < -0.39 is 12.6 Å². The van der Waals surface area contributed by atoms with Crippen molar-refractivity contribution in [2.24, 2.45) is 7.05 Å². The van der Waals surface area contributed by atoms with E-state index >= 15 is 0 Å². The number of pyridine rings is 1. The van der Waals surface area contributed by atoms with Crippen LogP contribution in [0.15, 0.2) is 53.5 Å². The fourth-order valence-corrected chi connectivity index (χ4v) is 5.41. The number of H-pyrrole nitrogens is 1. The number of nitrogens with zero attached hydrogens (tertiary/aromatic N) is 7. The first-order valence-electron chi connectivity index (χ1n) is 13.9. The van der Waals surface area contributed by atoms with Gasteiger partial charge < -0.3 is 19.6 Å². The number of piperidine rings is 1. The molecule has 1 aromatic carbocycles. The Balaban J connectivity index is 1.21. The Morgan fingerprint density at radius 2 is 1.98 bits per heavy atom. The molecule has 4 aromatic heterocycles. The van der Waals surface area contributed by atoms with Crippen LogP contribution in [0, 0.1) is 0 Å². The standard InChI is InChI=1S/C29H29ClFN9O3/c1-38-17-20(14-35-38)19-11-21-22(15-33-26(21)32-13-19)28-36-37-29(43-28)40(10-7-31)24-6-5-18(12-23(24)30)27(42)34-16-25(41)39-8-3-2-4-9-39/h5-6,11-15,17H,2-4,7-10,16H2,1H3,(H,32,33)(H,34,42). The van der Waals surface area contributed by atoms with Gasteiger partial charge in [0.2, 0.25) is 5.91 Å². The molecule has 0 spiro atoms. The average Bonchev–Trinajstić information content (AvgIpc) is 3.78. The van der Waals surface area contributed by atoms with Gasteiger partial charge in [0.05, 0.1) is 35.6 Å². The van der Waals surface area contributed by atoms with Crippen LogP contribution in [0.25, 0.3) is 33.6 Å². The Kier molecular flexibility index (Phi) is 8.05. The Labute approximate surface area is 250 Å². The second-order valence-electron chi connectivity index (χ2n) is 10.2. The molecule has 0 atom stereocenters. The van der Waals surface area contributed by atoms with Crippen LogP contribution in [0.3, 0.4) is 0 Å². The molecule has 12 nitrogen and oxygen atoms in total. The number of hydrogen-bond acceptors (Lipinski definition) is 8. The van der Waals surface area contributed by atoms with Gasteiger partial charge in [-0.2, -0.15) is 5.10 Å². The lowest BCUT2D eigenvalue weighted by Crippen LogP contribution is -2.42. The molecule has 43 heavy (non-hydrogen) atoms. The molecule has 6 rings (SSSR count). The molecule has 1 saturated heterocycles. The van der Waals surface area contributed by atoms with E-state index in [1.165, 1.54) is 11.0 Å². The Bertz CT molecular complexity index is 1780. The summed E-state index contributed by atoms with van der Waals surface area (Å²) in [5, 5.41) is 16.2. The number of halogens is 2. The Hall–Kier alpha value is -4.78. The van der Waals surface area contributed by atoms with Gasteiger partial charge in [0.25, 0.3) is 11.8 Å². The van der Waals surface area contributed by atoms with E-state index in [0.717, 1.165) is 35.8 Å². The van der Waals surface area contributed by atoms with Crippen molar-refractivity contribution in [3.8, 4) is 22.6 Å². The predicted molar refractivity (Wildman–Crippen MR) is 159 cm³/mol. The third kappa shape index (κ3) is 5.93. The second kappa shape index (κ2) is 12.2. The van der Waals surface area contributed by atoms with Crippen molar-refractivity contribution in [3.63, 3.8) is 0 Å². The van der Waals surface area contributed by atoms with Gasteiger partial charge in [-0.3, -0.25) is 19.2 Å². The average molecular weight is 606 g/mol. The number of alkyl halides is 1. The smallest absolute Gasteiger partial charge is 0.323 e. The zero-order valence-electron chi connectivity index (χ0n) is 23.4. The number of carbonyl (C=O) groups is 2. The van der Waals surface area contributed by atoms with Crippen LogP contribution in [-0.2, 0) is 11.8 Å². The van der Waals surface area contributed by atoms with Crippen molar-refractivity contribution in [3.05, 3.63) is 59.6 Å². The van der Waals surface area contributed by atoms with Gasteiger partial charge in [0.1, 0.15) is 12.3 Å². The number of amides is 2. The minimum Gasteiger partial charge on any atom is -0.403 e. The lowest BCUT2D eigenvalue weighted by atomic mass is 10.1. The predicted octanol–water partition coefficient (Wildman–Crippen LogP) is 4.52. The highest BCUT2D eigenvalue weighted by atomic mass is 35.5. The van der Waals surface area contributed by atoms with E-state index in [-0.39, 0.29) is 41.5 Å². The van der Waals surface area contributed by atoms with Gasteiger partial charge >= 0.3 is 6.01 Å². The molecule has 0 bridgehead atoms. The van der Waals surface area contributed by atoms with Crippen molar-refractivity contribution in [2.45, 2.75) is 19.3 Å². The molecule has 14 heteroatoms. The highest BCUT2D eigenvalue weighted by Crippen LogP contribution is 2.35. The molecule has 0 radical (unpaired) electrons. The number of fused-ring (bicyclic) bond motifs is 1. The highest BCUT2D eigenvalue weighted by Gasteiger charge is 2.23. The highest BCUT2D eigenvalue weighted by molar-refractivity contribution is 6.33. The number of nitrogens with one attached hydrogen (secondary N) is 2. The third-order valence-corrected chi connectivity index (χ3v) is 7.67. The molecule has 0 saturated carbocycles. The maximum Gasteiger partial charge on any atom is 0.323 e. The maximum atomic E-state index is 13.7. The largest absolute Gasteiger partial charge is 0.403 e. The number of benzene rings is 1. The molecule has 1 aliphatic heterocycles. The van der Waals surface area contributed by atoms with Crippen molar-refractivity contribution in [2.75, 3.05) is 37.8 Å². The first-order chi connectivity index (χ1) is 20.9. The zero-order valence-corrected chi connectivity index (χ0v) is 24.1. The van der Waals surface area contributed by atoms with Gasteiger partial charge in [-0.25, -0.2) is 9.37 Å². The van der Waals surface area contributed by atoms with Crippen LogP contribution in [0.4, 0.5) is 16.1 Å². The molecule has 0 unspecified atom stereocenters. The topological polar surface area (TPSA) is 138 Å². The Morgan fingerprint density at radius 1 is 1.14 bits per heavy atom. The van der Waals surface area contributed by atoms with Gasteiger partial charge in [0.15, 0.2) is 0 Å². The van der Waals surface area contributed by atoms with Crippen LogP contribution in [0.2, 0.25) is 5.02 Å². The summed E-state index contributed by atoms with van der Waals surface area (Å²) in [5.74, 6) is -0.341. The van der Waals surface area contributed by atoms with Crippen LogP contribution >= 0.6 is 11.6 Å². The molecule has 1 aliphatic rings. The summed E-state index contributed by atoms with van der Waals surface area (Å²) in [6, 6.07) is 6.58. The lowest BCUT2D eigenvalue weighted by molar-refractivity contribution is -0.130. The first-order valence-corrected chi connectivity index (χ1v) is 14.3. The fourth-order valence-electron chi connectivity index (χ4n) is 5.13. The van der Waals surface area contributed by atoms with Crippen LogP contribution in [0.1, 0.15) is 29.6 Å². The third-order valence-electron chi connectivity index (χ3n) is 7.36. The number of aromatic nitrogens is 6. The van der Waals surface area contributed by atoms with Crippen LogP contribution in [-0.4, -0.2) is 79.5 Å². The number of hydrogen-bond donors (Lipinski definition) is 2. The monoisotopic (exact) mass is 605 g/mol. The quantitative estimate of drug-likeness (QED) is 0.250. The lowest BCUT2D eigenvalue weighted by Gasteiger charge is -2.26. The molecule has 2 amide bonds. The summed E-state index contributed by atoms with van der Waals surface area (Å²) < 4.78 is 21.4. The number of rotatable bonds is 9. The Morgan fingerprint density at radius 3 is 2.72 bits per heavy atom. The summed E-state index contributed by atoms with van der Waals surface area (Å²) in [6.45, 7) is 0.490. The number of anilines is 2.